The third-order valence-electron chi connectivity index (χ3n) is 4.51. The van der Waals surface area contributed by atoms with Crippen LogP contribution in [0.4, 0.5) is 5.69 Å². The van der Waals surface area contributed by atoms with E-state index in [9.17, 15) is 29.3 Å². The third-order valence-corrected chi connectivity index (χ3v) is 4.77. The molecule has 2 N–H and O–H groups in total. The Morgan fingerprint density at radius 2 is 1.55 bits per heavy atom. The van der Waals surface area contributed by atoms with Crippen molar-refractivity contribution >= 4 is 40.9 Å². The van der Waals surface area contributed by atoms with Gasteiger partial charge in [-0.1, -0.05) is 23.7 Å². The van der Waals surface area contributed by atoms with Gasteiger partial charge in [0.05, 0.1) is 22.5 Å². The zero-order chi connectivity index (χ0) is 22.5. The normalized spacial score (nSPS) is 12.5. The van der Waals surface area contributed by atoms with Crippen molar-refractivity contribution in [2.75, 3.05) is 19.6 Å². The van der Waals surface area contributed by atoms with E-state index in [1.165, 1.54) is 6.07 Å². The van der Waals surface area contributed by atoms with Crippen LogP contribution in [0.25, 0.3) is 0 Å². The molecule has 0 aliphatic carbocycles. The van der Waals surface area contributed by atoms with Crippen LogP contribution in [0.3, 0.4) is 0 Å². The third kappa shape index (κ3) is 5.23. The van der Waals surface area contributed by atoms with E-state index in [1.807, 2.05) is 0 Å². The van der Waals surface area contributed by atoms with Crippen LogP contribution in [-0.2, 0) is 16.0 Å². The Labute approximate surface area is 181 Å². The van der Waals surface area contributed by atoms with Gasteiger partial charge in [-0.05, 0) is 23.8 Å². The topological polar surface area (TPSA) is 139 Å². The number of hydrogen-bond acceptors (Lipinski definition) is 6. The van der Waals surface area contributed by atoms with Gasteiger partial charge < -0.3 is 10.6 Å². The average molecular weight is 445 g/mol. The van der Waals surface area contributed by atoms with Crippen LogP contribution < -0.4 is 10.6 Å². The van der Waals surface area contributed by atoms with E-state index in [2.05, 4.69) is 10.6 Å². The van der Waals surface area contributed by atoms with E-state index in [0.29, 0.717) is 5.02 Å². The van der Waals surface area contributed by atoms with Crippen molar-refractivity contribution in [3.8, 4) is 0 Å². The molecular formula is C20H17ClN4O6. The van der Waals surface area contributed by atoms with Crippen molar-refractivity contribution < 1.29 is 24.1 Å². The Balaban J connectivity index is 1.45. The van der Waals surface area contributed by atoms with Crippen LogP contribution in [0.2, 0.25) is 5.02 Å². The minimum atomic E-state index is -0.768. The first-order chi connectivity index (χ1) is 14.8. The Bertz CT molecular complexity index is 1070. The molecule has 10 nitrogen and oxygen atoms in total. The van der Waals surface area contributed by atoms with Gasteiger partial charge in [0, 0.05) is 30.2 Å². The van der Waals surface area contributed by atoms with Gasteiger partial charge in [0.25, 0.3) is 17.5 Å². The van der Waals surface area contributed by atoms with Gasteiger partial charge in [0.2, 0.25) is 11.8 Å². The molecule has 11 heteroatoms. The summed E-state index contributed by atoms with van der Waals surface area (Å²) in [7, 11) is 0. The molecule has 0 saturated heterocycles. The van der Waals surface area contributed by atoms with Crippen LogP contribution in [0.15, 0.2) is 42.5 Å². The molecule has 0 fully saturated rings. The van der Waals surface area contributed by atoms with Gasteiger partial charge in [-0.2, -0.15) is 0 Å². The fourth-order valence-corrected chi connectivity index (χ4v) is 3.12. The van der Waals surface area contributed by atoms with Crippen molar-refractivity contribution in [1.82, 2.24) is 15.5 Å². The lowest BCUT2D eigenvalue weighted by molar-refractivity contribution is -0.384. The smallest absolute Gasteiger partial charge is 0.270 e. The lowest BCUT2D eigenvalue weighted by Crippen LogP contribution is -2.42. The van der Waals surface area contributed by atoms with Gasteiger partial charge in [0.15, 0.2) is 0 Å². The number of imide groups is 1. The van der Waals surface area contributed by atoms with E-state index in [4.69, 9.17) is 11.6 Å². The number of amides is 4. The van der Waals surface area contributed by atoms with E-state index in [0.717, 1.165) is 22.6 Å². The van der Waals surface area contributed by atoms with Crippen LogP contribution in [0, 0.1) is 10.1 Å². The molecule has 31 heavy (non-hydrogen) atoms. The summed E-state index contributed by atoms with van der Waals surface area (Å²) in [6, 6.07) is 10.2. The first kappa shape index (κ1) is 21.9. The number of halogens is 1. The summed E-state index contributed by atoms with van der Waals surface area (Å²) in [4.78, 5) is 59.6. The molecule has 0 atom stereocenters. The molecule has 0 aromatic heterocycles. The Morgan fingerprint density at radius 1 is 0.935 bits per heavy atom. The second-order valence-corrected chi connectivity index (χ2v) is 7.12. The summed E-state index contributed by atoms with van der Waals surface area (Å²) in [6.07, 6.45) is 0.159. The molecule has 0 saturated carbocycles. The molecule has 1 aliphatic rings. The summed E-state index contributed by atoms with van der Waals surface area (Å²) >= 11 is 5.79. The number of nitrogens with zero attached hydrogens (tertiary/aromatic N) is 2. The van der Waals surface area contributed by atoms with Gasteiger partial charge in [-0.3, -0.25) is 34.2 Å². The average Bonchev–Trinajstić information content (AvgIpc) is 2.97. The predicted molar refractivity (Wildman–Crippen MR) is 110 cm³/mol. The van der Waals surface area contributed by atoms with Gasteiger partial charge >= 0.3 is 0 Å². The zero-order valence-electron chi connectivity index (χ0n) is 16.1. The van der Waals surface area contributed by atoms with Crippen molar-refractivity contribution in [3.05, 3.63) is 74.3 Å². The number of carbonyl (C=O) groups is 4. The van der Waals surface area contributed by atoms with E-state index >= 15 is 0 Å². The second-order valence-electron chi connectivity index (χ2n) is 6.69. The SMILES string of the molecule is O=C(Cc1ccc(Cl)cc1)NCCNC(=O)CN1C(=O)c2ccc([N+](=O)[O-])cc2C1=O. The Hall–Kier alpha value is -3.79. The van der Waals surface area contributed by atoms with Crippen LogP contribution in [0.1, 0.15) is 26.3 Å². The number of carbonyl (C=O) groups excluding carboxylic acids is 4. The zero-order valence-corrected chi connectivity index (χ0v) is 16.8. The Kier molecular flexibility index (Phi) is 6.61. The number of rotatable bonds is 8. The molecule has 0 unspecified atom stereocenters. The monoisotopic (exact) mass is 444 g/mol. The minimum absolute atomic E-state index is 0.0119. The fraction of sp³-hybridized carbons (Fsp3) is 0.200. The summed E-state index contributed by atoms with van der Waals surface area (Å²) < 4.78 is 0. The van der Waals surface area contributed by atoms with Gasteiger partial charge in [-0.25, -0.2) is 0 Å². The molecule has 2 aromatic carbocycles. The number of nitro benzene ring substituents is 1. The van der Waals surface area contributed by atoms with Crippen molar-refractivity contribution in [1.29, 1.82) is 0 Å². The fourth-order valence-electron chi connectivity index (χ4n) is 2.99. The maximum absolute atomic E-state index is 12.4. The molecule has 0 spiro atoms. The summed E-state index contributed by atoms with van der Waals surface area (Å²) in [5, 5.41) is 16.6. The maximum Gasteiger partial charge on any atom is 0.270 e. The van der Waals surface area contributed by atoms with Crippen molar-refractivity contribution in [2.24, 2.45) is 0 Å². The van der Waals surface area contributed by atoms with Gasteiger partial charge in [-0.15, -0.1) is 0 Å². The predicted octanol–water partition coefficient (Wildman–Crippen LogP) is 1.32. The highest BCUT2D eigenvalue weighted by Gasteiger charge is 2.37. The van der Waals surface area contributed by atoms with Crippen LogP contribution in [-0.4, -0.2) is 53.1 Å². The largest absolute Gasteiger partial charge is 0.354 e. The van der Waals surface area contributed by atoms with E-state index in [1.54, 1.807) is 24.3 Å². The molecule has 1 heterocycles. The number of hydrogen-bond donors (Lipinski definition) is 2. The van der Waals surface area contributed by atoms with Gasteiger partial charge in [0.1, 0.15) is 6.54 Å². The number of benzene rings is 2. The molecular weight excluding hydrogens is 428 g/mol. The molecule has 4 amide bonds. The minimum Gasteiger partial charge on any atom is -0.354 e. The molecule has 0 bridgehead atoms. The number of nitro groups is 1. The van der Waals surface area contributed by atoms with Crippen LogP contribution in [0.5, 0.6) is 0 Å². The maximum atomic E-state index is 12.4. The Morgan fingerprint density at radius 3 is 2.19 bits per heavy atom. The highest BCUT2D eigenvalue weighted by molar-refractivity contribution is 6.30. The number of nitrogens with one attached hydrogen (secondary N) is 2. The molecule has 2 aromatic rings. The molecule has 1 aliphatic heterocycles. The van der Waals surface area contributed by atoms with Crippen LogP contribution >= 0.6 is 11.6 Å². The summed E-state index contributed by atoms with van der Waals surface area (Å²) in [5.41, 5.74) is 0.372. The van der Waals surface area contributed by atoms with E-state index < -0.39 is 29.2 Å². The van der Waals surface area contributed by atoms with Crippen molar-refractivity contribution in [3.63, 3.8) is 0 Å². The van der Waals surface area contributed by atoms with Crippen molar-refractivity contribution in [2.45, 2.75) is 6.42 Å². The molecule has 160 valence electrons. The quantitative estimate of drug-likeness (QED) is 0.272. The summed E-state index contributed by atoms with van der Waals surface area (Å²) in [6.45, 7) is -0.273. The lowest BCUT2D eigenvalue weighted by Gasteiger charge is -2.13. The highest BCUT2D eigenvalue weighted by atomic mass is 35.5. The number of non-ortho nitro benzene ring substituents is 1. The summed E-state index contributed by atoms with van der Waals surface area (Å²) in [5.74, 6) is -2.30. The first-order valence-electron chi connectivity index (χ1n) is 9.18. The standard InChI is InChI=1S/C20H17ClN4O6/c21-13-3-1-12(2-4-13)9-17(26)22-7-8-23-18(27)11-24-19(28)15-6-5-14(25(30)31)10-16(15)20(24)29/h1-6,10H,7-9,11H2,(H,22,26)(H,23,27). The highest BCUT2D eigenvalue weighted by Crippen LogP contribution is 2.26. The number of fused-ring (bicyclic) bond motifs is 1. The first-order valence-corrected chi connectivity index (χ1v) is 9.56. The van der Waals surface area contributed by atoms with E-state index in [-0.39, 0.29) is 42.2 Å². The lowest BCUT2D eigenvalue weighted by atomic mass is 10.1. The second kappa shape index (κ2) is 9.35. The molecule has 0 radical (unpaired) electrons. The molecule has 3 rings (SSSR count).